The van der Waals surface area contributed by atoms with Gasteiger partial charge in [0.2, 0.25) is 11.8 Å². The van der Waals surface area contributed by atoms with Gasteiger partial charge >= 0.3 is 18.1 Å². The van der Waals surface area contributed by atoms with Gasteiger partial charge in [-0.1, -0.05) is 65.0 Å². The van der Waals surface area contributed by atoms with E-state index >= 15 is 0 Å². The van der Waals surface area contributed by atoms with Crippen LogP contribution in [0.5, 0.6) is 0 Å². The van der Waals surface area contributed by atoms with Crippen molar-refractivity contribution in [2.75, 3.05) is 19.6 Å². The SMILES string of the molecule is CC(C)[C@H](NC(=O)[C@@H](CCCCNC(=O)OCc1ccccc1)NC(=O)N[C@@H](CCCCN)C(=O)O)C(=O)NCC(C)(C)C. The summed E-state index contributed by atoms with van der Waals surface area (Å²) in [6.45, 7) is 10.8. The number of benzene rings is 1. The van der Waals surface area contributed by atoms with Crippen LogP contribution in [0.4, 0.5) is 9.59 Å². The van der Waals surface area contributed by atoms with Gasteiger partial charge in [0.1, 0.15) is 24.7 Å². The summed E-state index contributed by atoms with van der Waals surface area (Å²) in [5.74, 6) is -2.34. The van der Waals surface area contributed by atoms with E-state index in [1.807, 2.05) is 51.1 Å². The molecule has 0 spiro atoms. The first kappa shape index (κ1) is 38.2. The average molecular weight is 621 g/mol. The fourth-order valence-corrected chi connectivity index (χ4v) is 4.07. The highest BCUT2D eigenvalue weighted by molar-refractivity contribution is 5.92. The number of carboxylic acid groups (broad SMARTS) is 1. The molecule has 1 aromatic carbocycles. The lowest BCUT2D eigenvalue weighted by atomic mass is 9.96. The minimum absolute atomic E-state index is 0.137. The van der Waals surface area contributed by atoms with Crippen molar-refractivity contribution in [2.45, 2.75) is 97.9 Å². The van der Waals surface area contributed by atoms with Crippen LogP contribution in [0.25, 0.3) is 0 Å². The number of rotatable bonds is 19. The van der Waals surface area contributed by atoms with Crippen LogP contribution in [0, 0.1) is 11.3 Å². The molecule has 0 bridgehead atoms. The number of urea groups is 1. The van der Waals surface area contributed by atoms with Gasteiger partial charge in [-0.2, -0.15) is 0 Å². The Hall–Kier alpha value is -3.87. The number of carboxylic acids is 1. The minimum Gasteiger partial charge on any atom is -0.480 e. The zero-order valence-electron chi connectivity index (χ0n) is 26.7. The number of nitrogens with two attached hydrogens (primary N) is 1. The van der Waals surface area contributed by atoms with Gasteiger partial charge < -0.3 is 42.2 Å². The summed E-state index contributed by atoms with van der Waals surface area (Å²) < 4.78 is 5.20. The second kappa shape index (κ2) is 20.2. The fraction of sp³-hybridized carbons (Fsp3) is 0.645. The molecule has 0 radical (unpaired) electrons. The molecular weight excluding hydrogens is 568 g/mol. The third kappa shape index (κ3) is 16.7. The Bertz CT molecular complexity index is 1050. The van der Waals surface area contributed by atoms with Crippen molar-refractivity contribution in [3.05, 3.63) is 35.9 Å². The highest BCUT2D eigenvalue weighted by atomic mass is 16.5. The van der Waals surface area contributed by atoms with Crippen LogP contribution >= 0.6 is 0 Å². The molecular formula is C31H52N6O7. The average Bonchev–Trinajstić information content (AvgIpc) is 2.96. The van der Waals surface area contributed by atoms with E-state index in [1.54, 1.807) is 13.8 Å². The van der Waals surface area contributed by atoms with Crippen molar-refractivity contribution >= 4 is 29.9 Å². The molecule has 248 valence electrons. The van der Waals surface area contributed by atoms with E-state index in [9.17, 15) is 29.1 Å². The maximum Gasteiger partial charge on any atom is 0.407 e. The smallest absolute Gasteiger partial charge is 0.407 e. The predicted molar refractivity (Wildman–Crippen MR) is 167 cm³/mol. The molecule has 0 aliphatic rings. The molecule has 44 heavy (non-hydrogen) atoms. The monoisotopic (exact) mass is 620 g/mol. The molecule has 0 saturated carbocycles. The largest absolute Gasteiger partial charge is 0.480 e. The second-order valence-corrected chi connectivity index (χ2v) is 12.3. The molecule has 0 aliphatic heterocycles. The summed E-state index contributed by atoms with van der Waals surface area (Å²) in [4.78, 5) is 62.8. The molecule has 1 rings (SSSR count). The second-order valence-electron chi connectivity index (χ2n) is 12.3. The van der Waals surface area contributed by atoms with Crippen molar-refractivity contribution in [3.8, 4) is 0 Å². The van der Waals surface area contributed by atoms with Gasteiger partial charge in [0.25, 0.3) is 0 Å². The Kier molecular flexibility index (Phi) is 17.5. The summed E-state index contributed by atoms with van der Waals surface area (Å²) in [5, 5.41) is 22.8. The van der Waals surface area contributed by atoms with Crippen LogP contribution in [0.2, 0.25) is 0 Å². The maximum atomic E-state index is 13.4. The number of nitrogens with one attached hydrogen (secondary N) is 5. The summed E-state index contributed by atoms with van der Waals surface area (Å²) >= 11 is 0. The van der Waals surface area contributed by atoms with Gasteiger partial charge in [0.05, 0.1) is 0 Å². The lowest BCUT2D eigenvalue weighted by Crippen LogP contribution is -2.58. The van der Waals surface area contributed by atoms with E-state index in [0.29, 0.717) is 38.8 Å². The molecule has 0 unspecified atom stereocenters. The van der Waals surface area contributed by atoms with Gasteiger partial charge in [-0.15, -0.1) is 0 Å². The summed E-state index contributed by atoms with van der Waals surface area (Å²) in [5.41, 5.74) is 6.19. The summed E-state index contributed by atoms with van der Waals surface area (Å²) in [6, 6.07) is 5.39. The first-order chi connectivity index (χ1) is 20.7. The number of carbonyl (C=O) groups is 5. The fourth-order valence-electron chi connectivity index (χ4n) is 4.07. The number of hydrogen-bond acceptors (Lipinski definition) is 7. The number of aliphatic carboxylic acids is 1. The molecule has 0 aliphatic carbocycles. The van der Waals surface area contributed by atoms with Crippen LogP contribution in [0.15, 0.2) is 30.3 Å². The Labute approximate surface area is 260 Å². The highest BCUT2D eigenvalue weighted by Gasteiger charge is 2.30. The van der Waals surface area contributed by atoms with E-state index in [4.69, 9.17) is 10.5 Å². The van der Waals surface area contributed by atoms with Gasteiger partial charge in [-0.3, -0.25) is 9.59 Å². The van der Waals surface area contributed by atoms with E-state index in [1.165, 1.54) is 0 Å². The number of alkyl carbamates (subject to hydrolysis) is 1. The Morgan fingerprint density at radius 2 is 1.45 bits per heavy atom. The molecule has 5 amide bonds. The van der Waals surface area contributed by atoms with Gasteiger partial charge in [0.15, 0.2) is 0 Å². The molecule has 0 heterocycles. The Balaban J connectivity index is 2.81. The number of carbonyl (C=O) groups excluding carboxylic acids is 4. The van der Waals surface area contributed by atoms with Gasteiger partial charge in [0, 0.05) is 13.1 Å². The zero-order chi connectivity index (χ0) is 33.1. The predicted octanol–water partition coefficient (Wildman–Crippen LogP) is 2.64. The van der Waals surface area contributed by atoms with Crippen molar-refractivity contribution in [1.82, 2.24) is 26.6 Å². The van der Waals surface area contributed by atoms with Crippen LogP contribution in [-0.4, -0.2) is 72.8 Å². The quantitative estimate of drug-likeness (QED) is 0.114. The number of ether oxygens (including phenoxy) is 1. The van der Waals surface area contributed by atoms with Crippen molar-refractivity contribution in [2.24, 2.45) is 17.1 Å². The van der Waals surface area contributed by atoms with E-state index in [0.717, 1.165) is 5.56 Å². The highest BCUT2D eigenvalue weighted by Crippen LogP contribution is 2.12. The molecule has 13 heteroatoms. The van der Waals surface area contributed by atoms with Crippen molar-refractivity contribution in [3.63, 3.8) is 0 Å². The van der Waals surface area contributed by atoms with Crippen molar-refractivity contribution in [1.29, 1.82) is 0 Å². The maximum absolute atomic E-state index is 13.4. The number of amides is 5. The Morgan fingerprint density at radius 3 is 2.05 bits per heavy atom. The van der Waals surface area contributed by atoms with Gasteiger partial charge in [-0.05, 0) is 62.0 Å². The minimum atomic E-state index is -1.20. The van der Waals surface area contributed by atoms with Crippen LogP contribution in [-0.2, 0) is 25.7 Å². The molecule has 8 N–H and O–H groups in total. The van der Waals surface area contributed by atoms with E-state index in [2.05, 4.69) is 26.6 Å². The first-order valence-corrected chi connectivity index (χ1v) is 15.3. The van der Waals surface area contributed by atoms with E-state index in [-0.39, 0.29) is 43.2 Å². The van der Waals surface area contributed by atoms with Crippen LogP contribution in [0.1, 0.15) is 78.7 Å². The number of hydrogen-bond donors (Lipinski definition) is 7. The standard InChI is InChI=1S/C31H52N6O7/c1-21(2)25(27(39)34-20-31(3,4)5)37-26(38)23(35-29(42)36-24(28(40)41)16-9-11-17-32)15-10-12-18-33-30(43)44-19-22-13-7-6-8-14-22/h6-8,13-14,21,23-25H,9-12,15-20,32H2,1-5H3,(H,33,43)(H,34,39)(H,37,38)(H,40,41)(H2,35,36,42)/t23-,24+,25+/m1/s1. The third-order valence-electron chi connectivity index (χ3n) is 6.61. The van der Waals surface area contributed by atoms with E-state index < -0.39 is 42.1 Å². The molecule has 13 nitrogen and oxygen atoms in total. The third-order valence-corrected chi connectivity index (χ3v) is 6.61. The number of unbranched alkanes of at least 4 members (excludes halogenated alkanes) is 2. The van der Waals surface area contributed by atoms with Gasteiger partial charge in [-0.25, -0.2) is 14.4 Å². The first-order valence-electron chi connectivity index (χ1n) is 15.3. The summed E-state index contributed by atoms with van der Waals surface area (Å²) in [7, 11) is 0. The Morgan fingerprint density at radius 1 is 0.841 bits per heavy atom. The van der Waals surface area contributed by atoms with Crippen LogP contribution < -0.4 is 32.3 Å². The molecule has 0 saturated heterocycles. The normalized spacial score (nSPS) is 13.2. The summed E-state index contributed by atoms with van der Waals surface area (Å²) in [6.07, 6.45) is 1.82. The molecule has 0 fully saturated rings. The zero-order valence-corrected chi connectivity index (χ0v) is 26.7. The lowest BCUT2D eigenvalue weighted by Gasteiger charge is -2.27. The molecule has 1 aromatic rings. The van der Waals surface area contributed by atoms with Crippen molar-refractivity contribution < 1.29 is 33.8 Å². The van der Waals surface area contributed by atoms with Crippen LogP contribution in [0.3, 0.4) is 0 Å². The topological polar surface area (TPSA) is 201 Å². The molecule has 0 aromatic heterocycles. The molecule has 3 atom stereocenters. The lowest BCUT2D eigenvalue weighted by molar-refractivity contribution is -0.139.